The first-order valence-electron chi connectivity index (χ1n) is 8.07. The highest BCUT2D eigenvalue weighted by Gasteiger charge is 2.30. The summed E-state index contributed by atoms with van der Waals surface area (Å²) in [6.07, 6.45) is 1.84. The van der Waals surface area contributed by atoms with Crippen LogP contribution in [0.15, 0.2) is 52.4 Å². The highest BCUT2D eigenvalue weighted by molar-refractivity contribution is 8.18. The standard InChI is InChI=1S/C20H20N2O3S/c1-13-7-5-6-8-15(13)21-20-22(2)19(23)18(26-20)12-14-9-10-16(24-3)17(11-14)25-4/h5-12H,1-4H3/b18-12+,21-20?. The molecule has 0 atom stereocenters. The SMILES string of the molecule is COc1ccc(/C=C2/SC(=Nc3ccccc3C)N(C)C2=O)cc1OC. The molecule has 0 saturated carbocycles. The van der Waals surface area contributed by atoms with Gasteiger partial charge in [0.25, 0.3) is 5.91 Å². The average molecular weight is 368 g/mol. The molecule has 0 N–H and O–H groups in total. The zero-order chi connectivity index (χ0) is 18.7. The molecule has 0 unspecified atom stereocenters. The highest BCUT2D eigenvalue weighted by atomic mass is 32.2. The van der Waals surface area contributed by atoms with Gasteiger partial charge < -0.3 is 9.47 Å². The molecule has 2 aromatic rings. The maximum Gasteiger partial charge on any atom is 0.266 e. The Morgan fingerprint density at radius 3 is 2.50 bits per heavy atom. The van der Waals surface area contributed by atoms with Crippen molar-refractivity contribution in [1.29, 1.82) is 0 Å². The van der Waals surface area contributed by atoms with Crippen LogP contribution in [0.3, 0.4) is 0 Å². The van der Waals surface area contributed by atoms with Gasteiger partial charge in [-0.15, -0.1) is 0 Å². The number of methoxy groups -OCH3 is 2. The smallest absolute Gasteiger partial charge is 0.266 e. The first-order chi connectivity index (χ1) is 12.5. The molecule has 26 heavy (non-hydrogen) atoms. The third-order valence-corrected chi connectivity index (χ3v) is 5.10. The molecule has 1 heterocycles. The summed E-state index contributed by atoms with van der Waals surface area (Å²) in [5.74, 6) is 1.20. The molecular weight excluding hydrogens is 348 g/mol. The lowest BCUT2D eigenvalue weighted by molar-refractivity contribution is -0.121. The largest absolute Gasteiger partial charge is 0.493 e. The molecule has 134 valence electrons. The second kappa shape index (κ2) is 7.66. The minimum absolute atomic E-state index is 0.0721. The second-order valence-electron chi connectivity index (χ2n) is 5.77. The maximum atomic E-state index is 12.6. The van der Waals surface area contributed by atoms with Gasteiger partial charge in [0.1, 0.15) is 0 Å². The number of para-hydroxylation sites is 1. The molecule has 0 spiro atoms. The number of likely N-dealkylation sites (N-methyl/N-ethyl adjacent to an activating group) is 1. The number of hydrogen-bond donors (Lipinski definition) is 0. The van der Waals surface area contributed by atoms with E-state index in [0.717, 1.165) is 16.8 Å². The maximum absolute atomic E-state index is 12.6. The zero-order valence-electron chi connectivity index (χ0n) is 15.1. The summed E-state index contributed by atoms with van der Waals surface area (Å²) < 4.78 is 10.6. The Morgan fingerprint density at radius 2 is 1.81 bits per heavy atom. The number of thioether (sulfide) groups is 1. The van der Waals surface area contributed by atoms with Crippen molar-refractivity contribution in [2.45, 2.75) is 6.92 Å². The zero-order valence-corrected chi connectivity index (χ0v) is 16.0. The van der Waals surface area contributed by atoms with E-state index >= 15 is 0 Å². The van der Waals surface area contributed by atoms with E-state index in [2.05, 4.69) is 4.99 Å². The Hall–Kier alpha value is -2.73. The first kappa shape index (κ1) is 18.1. The molecule has 2 aromatic carbocycles. The van der Waals surface area contributed by atoms with Gasteiger partial charge in [0.2, 0.25) is 0 Å². The van der Waals surface area contributed by atoms with Crippen LogP contribution in [-0.4, -0.2) is 37.2 Å². The number of amidine groups is 1. The van der Waals surface area contributed by atoms with E-state index in [-0.39, 0.29) is 5.91 Å². The van der Waals surface area contributed by atoms with Crippen molar-refractivity contribution in [3.8, 4) is 11.5 Å². The Balaban J connectivity index is 1.92. The lowest BCUT2D eigenvalue weighted by Gasteiger charge is -2.08. The van der Waals surface area contributed by atoms with Gasteiger partial charge in [0.15, 0.2) is 16.7 Å². The van der Waals surface area contributed by atoms with Crippen molar-refractivity contribution in [1.82, 2.24) is 4.90 Å². The summed E-state index contributed by atoms with van der Waals surface area (Å²) in [5.41, 5.74) is 2.80. The molecule has 0 aromatic heterocycles. The topological polar surface area (TPSA) is 51.1 Å². The minimum atomic E-state index is -0.0721. The Bertz CT molecular complexity index is 906. The molecule has 0 bridgehead atoms. The fraction of sp³-hybridized carbons (Fsp3) is 0.200. The van der Waals surface area contributed by atoms with E-state index in [0.29, 0.717) is 21.6 Å². The van der Waals surface area contributed by atoms with Gasteiger partial charge >= 0.3 is 0 Å². The Morgan fingerprint density at radius 1 is 1.08 bits per heavy atom. The molecule has 1 aliphatic rings. The second-order valence-corrected chi connectivity index (χ2v) is 6.78. The Kier molecular flexibility index (Phi) is 5.32. The fourth-order valence-electron chi connectivity index (χ4n) is 2.54. The van der Waals surface area contributed by atoms with Crippen LogP contribution >= 0.6 is 11.8 Å². The molecular formula is C20H20N2O3S. The number of hydrogen-bond acceptors (Lipinski definition) is 5. The van der Waals surface area contributed by atoms with Crippen molar-refractivity contribution in [3.05, 3.63) is 58.5 Å². The van der Waals surface area contributed by atoms with Gasteiger partial charge in [0, 0.05) is 7.05 Å². The molecule has 5 nitrogen and oxygen atoms in total. The van der Waals surface area contributed by atoms with E-state index in [9.17, 15) is 4.79 Å². The lowest BCUT2D eigenvalue weighted by atomic mass is 10.2. The van der Waals surface area contributed by atoms with Crippen LogP contribution in [0.2, 0.25) is 0 Å². The number of ether oxygens (including phenoxy) is 2. The molecule has 3 rings (SSSR count). The molecule has 0 radical (unpaired) electrons. The van der Waals surface area contributed by atoms with E-state index in [1.165, 1.54) is 11.8 Å². The number of benzene rings is 2. The van der Waals surface area contributed by atoms with Crippen LogP contribution in [0.1, 0.15) is 11.1 Å². The van der Waals surface area contributed by atoms with Crippen LogP contribution in [0.25, 0.3) is 6.08 Å². The summed E-state index contributed by atoms with van der Waals surface area (Å²) in [7, 11) is 4.92. The van der Waals surface area contributed by atoms with E-state index < -0.39 is 0 Å². The van der Waals surface area contributed by atoms with E-state index in [4.69, 9.17) is 9.47 Å². The van der Waals surface area contributed by atoms with Crippen molar-refractivity contribution in [2.24, 2.45) is 4.99 Å². The van der Waals surface area contributed by atoms with Crippen LogP contribution in [-0.2, 0) is 4.79 Å². The molecule has 1 saturated heterocycles. The number of amides is 1. The number of carbonyl (C=O) groups excluding carboxylic acids is 1. The van der Waals surface area contributed by atoms with Crippen LogP contribution in [0, 0.1) is 6.92 Å². The van der Waals surface area contributed by atoms with E-state index in [1.807, 2.05) is 55.5 Å². The molecule has 1 fully saturated rings. The number of carbonyl (C=O) groups is 1. The number of nitrogens with zero attached hydrogens (tertiary/aromatic N) is 2. The summed E-state index contributed by atoms with van der Waals surface area (Å²) in [6, 6.07) is 13.4. The third-order valence-electron chi connectivity index (χ3n) is 4.04. The molecule has 6 heteroatoms. The van der Waals surface area contributed by atoms with Crippen LogP contribution in [0.4, 0.5) is 5.69 Å². The van der Waals surface area contributed by atoms with Gasteiger partial charge in [-0.05, 0) is 54.1 Å². The number of rotatable bonds is 4. The van der Waals surface area contributed by atoms with Gasteiger partial charge in [-0.25, -0.2) is 4.99 Å². The Labute approximate surface area is 157 Å². The fourth-order valence-corrected chi connectivity index (χ4v) is 3.52. The van der Waals surface area contributed by atoms with Gasteiger partial charge in [-0.3, -0.25) is 9.69 Å². The molecule has 1 aliphatic heterocycles. The third kappa shape index (κ3) is 3.60. The number of aliphatic imine (C=N–C) groups is 1. The predicted octanol–water partition coefficient (Wildman–Crippen LogP) is 4.25. The summed E-state index contributed by atoms with van der Waals surface area (Å²) in [6.45, 7) is 2.00. The average Bonchev–Trinajstić information content (AvgIpc) is 2.91. The number of aryl methyl sites for hydroxylation is 1. The van der Waals surface area contributed by atoms with Gasteiger partial charge in [-0.1, -0.05) is 24.3 Å². The normalized spacial score (nSPS) is 17.2. The van der Waals surface area contributed by atoms with Crippen molar-refractivity contribution in [2.75, 3.05) is 21.3 Å². The minimum Gasteiger partial charge on any atom is -0.493 e. The van der Waals surface area contributed by atoms with E-state index in [1.54, 1.807) is 26.2 Å². The van der Waals surface area contributed by atoms with Crippen LogP contribution < -0.4 is 9.47 Å². The summed E-state index contributed by atoms with van der Waals surface area (Å²) >= 11 is 1.36. The van der Waals surface area contributed by atoms with Crippen LogP contribution in [0.5, 0.6) is 11.5 Å². The molecule has 1 amide bonds. The highest BCUT2D eigenvalue weighted by Crippen LogP contribution is 2.35. The van der Waals surface area contributed by atoms with Crippen molar-refractivity contribution in [3.63, 3.8) is 0 Å². The summed E-state index contributed by atoms with van der Waals surface area (Å²) in [5, 5.41) is 0.663. The quantitative estimate of drug-likeness (QED) is 0.757. The lowest BCUT2D eigenvalue weighted by Crippen LogP contribution is -2.23. The van der Waals surface area contributed by atoms with Gasteiger partial charge in [0.05, 0.1) is 24.8 Å². The van der Waals surface area contributed by atoms with Crippen molar-refractivity contribution < 1.29 is 14.3 Å². The van der Waals surface area contributed by atoms with Crippen molar-refractivity contribution >= 4 is 34.6 Å². The predicted molar refractivity (Wildman–Crippen MR) is 106 cm³/mol. The monoisotopic (exact) mass is 368 g/mol. The molecule has 0 aliphatic carbocycles. The summed E-state index contributed by atoms with van der Waals surface area (Å²) in [4.78, 5) is 19.4. The first-order valence-corrected chi connectivity index (χ1v) is 8.89. The van der Waals surface area contributed by atoms with Gasteiger partial charge in [-0.2, -0.15) is 0 Å².